The normalized spacial score (nSPS) is 17.9. The molecule has 4 rings (SSSR count). The highest BCUT2D eigenvalue weighted by Gasteiger charge is 2.34. The SMILES string of the molecule is Cc1cccc(CCC2(NC(=S)Nc3ccc(N4CCCC4=O)cc3)CCCC2)c1. The van der Waals surface area contributed by atoms with Gasteiger partial charge < -0.3 is 15.5 Å². The van der Waals surface area contributed by atoms with E-state index >= 15 is 0 Å². The summed E-state index contributed by atoms with van der Waals surface area (Å²) in [6.45, 7) is 2.96. The third-order valence-electron chi connectivity index (χ3n) is 6.42. The molecule has 0 atom stereocenters. The number of thiocarbonyl (C=S) groups is 1. The molecule has 1 aliphatic carbocycles. The minimum absolute atomic E-state index is 0.0791. The minimum atomic E-state index is 0.0791. The number of carbonyl (C=O) groups is 1. The maximum atomic E-state index is 11.9. The number of rotatable bonds is 6. The number of benzene rings is 2. The maximum absolute atomic E-state index is 11.9. The van der Waals surface area contributed by atoms with Gasteiger partial charge >= 0.3 is 0 Å². The molecule has 1 saturated carbocycles. The van der Waals surface area contributed by atoms with E-state index in [1.807, 2.05) is 29.2 Å². The first-order valence-electron chi connectivity index (χ1n) is 11.1. The highest BCUT2D eigenvalue weighted by Crippen LogP contribution is 2.34. The quantitative estimate of drug-likeness (QED) is 0.617. The smallest absolute Gasteiger partial charge is 0.227 e. The van der Waals surface area contributed by atoms with Crippen LogP contribution in [0.4, 0.5) is 11.4 Å². The van der Waals surface area contributed by atoms with Gasteiger partial charge in [0.15, 0.2) is 5.11 Å². The highest BCUT2D eigenvalue weighted by atomic mass is 32.1. The third-order valence-corrected chi connectivity index (χ3v) is 6.63. The van der Waals surface area contributed by atoms with Crippen molar-refractivity contribution in [2.45, 2.75) is 63.8 Å². The van der Waals surface area contributed by atoms with Crippen LogP contribution in [0.5, 0.6) is 0 Å². The van der Waals surface area contributed by atoms with Gasteiger partial charge in [-0.3, -0.25) is 4.79 Å². The molecule has 0 unspecified atom stereocenters. The predicted molar refractivity (Wildman–Crippen MR) is 128 cm³/mol. The summed E-state index contributed by atoms with van der Waals surface area (Å²) in [6, 6.07) is 16.8. The molecule has 0 radical (unpaired) electrons. The van der Waals surface area contributed by atoms with E-state index in [-0.39, 0.29) is 11.4 Å². The van der Waals surface area contributed by atoms with Crippen molar-refractivity contribution in [1.82, 2.24) is 5.32 Å². The minimum Gasteiger partial charge on any atom is -0.357 e. The fourth-order valence-electron chi connectivity index (χ4n) is 4.79. The Morgan fingerprint density at radius 3 is 2.53 bits per heavy atom. The zero-order valence-electron chi connectivity index (χ0n) is 17.7. The third kappa shape index (κ3) is 5.01. The van der Waals surface area contributed by atoms with Crippen LogP contribution < -0.4 is 15.5 Å². The molecule has 2 aromatic carbocycles. The van der Waals surface area contributed by atoms with Crippen LogP contribution in [0.2, 0.25) is 0 Å². The molecule has 2 N–H and O–H groups in total. The lowest BCUT2D eigenvalue weighted by atomic mass is 9.89. The van der Waals surface area contributed by atoms with Gasteiger partial charge in [-0.15, -0.1) is 0 Å². The molecule has 2 aliphatic rings. The van der Waals surface area contributed by atoms with Crippen molar-refractivity contribution in [1.29, 1.82) is 0 Å². The number of nitrogens with zero attached hydrogens (tertiary/aromatic N) is 1. The lowest BCUT2D eigenvalue weighted by Gasteiger charge is -2.32. The first-order valence-corrected chi connectivity index (χ1v) is 11.5. The summed E-state index contributed by atoms with van der Waals surface area (Å²) >= 11 is 5.67. The van der Waals surface area contributed by atoms with E-state index in [0.29, 0.717) is 11.5 Å². The van der Waals surface area contributed by atoms with Gasteiger partial charge in [-0.1, -0.05) is 42.7 Å². The van der Waals surface area contributed by atoms with Gasteiger partial charge in [-0.2, -0.15) is 0 Å². The second-order valence-corrected chi connectivity index (χ2v) is 9.16. The monoisotopic (exact) mass is 421 g/mol. The maximum Gasteiger partial charge on any atom is 0.227 e. The Kier molecular flexibility index (Phi) is 6.38. The van der Waals surface area contributed by atoms with Crippen LogP contribution in [0, 0.1) is 6.92 Å². The summed E-state index contributed by atoms with van der Waals surface area (Å²) in [5.41, 5.74) is 4.71. The van der Waals surface area contributed by atoms with Crippen molar-refractivity contribution in [2.75, 3.05) is 16.8 Å². The van der Waals surface area contributed by atoms with Crippen LogP contribution in [0.3, 0.4) is 0 Å². The number of hydrogen-bond donors (Lipinski definition) is 2. The summed E-state index contributed by atoms with van der Waals surface area (Å²) in [5.74, 6) is 0.213. The standard InChI is InChI=1S/C25H31N3OS/c1-19-6-4-7-20(18-19)13-16-25(14-2-3-15-25)27-24(30)26-21-9-11-22(12-10-21)28-17-5-8-23(28)29/h4,6-7,9-12,18H,2-3,5,8,13-17H2,1H3,(H2,26,27,30). The molecule has 0 spiro atoms. The lowest BCUT2D eigenvalue weighted by Crippen LogP contribution is -2.48. The molecule has 5 heteroatoms. The molecule has 30 heavy (non-hydrogen) atoms. The van der Waals surface area contributed by atoms with Crippen LogP contribution >= 0.6 is 12.2 Å². The van der Waals surface area contributed by atoms with E-state index in [2.05, 4.69) is 41.8 Å². The van der Waals surface area contributed by atoms with Crippen LogP contribution in [-0.2, 0) is 11.2 Å². The van der Waals surface area contributed by atoms with Crippen LogP contribution in [-0.4, -0.2) is 23.1 Å². The van der Waals surface area contributed by atoms with Gasteiger partial charge in [0.05, 0.1) is 0 Å². The van der Waals surface area contributed by atoms with Crippen LogP contribution in [0.25, 0.3) is 0 Å². The van der Waals surface area contributed by atoms with Crippen molar-refractivity contribution < 1.29 is 4.79 Å². The first kappa shape index (κ1) is 20.9. The fourth-order valence-corrected chi connectivity index (χ4v) is 5.12. The van der Waals surface area contributed by atoms with Gasteiger partial charge in [-0.25, -0.2) is 0 Å². The van der Waals surface area contributed by atoms with Crippen molar-refractivity contribution in [3.8, 4) is 0 Å². The average molecular weight is 422 g/mol. The zero-order valence-corrected chi connectivity index (χ0v) is 18.6. The van der Waals surface area contributed by atoms with Gasteiger partial charge in [-0.05, 0) is 81.1 Å². The molecule has 1 amide bonds. The molecular weight excluding hydrogens is 390 g/mol. The van der Waals surface area contributed by atoms with E-state index in [1.54, 1.807) is 0 Å². The number of anilines is 2. The van der Waals surface area contributed by atoms with E-state index in [1.165, 1.54) is 24.0 Å². The molecule has 2 aromatic rings. The van der Waals surface area contributed by atoms with Crippen LogP contribution in [0.15, 0.2) is 48.5 Å². The van der Waals surface area contributed by atoms with Gasteiger partial charge in [0, 0.05) is 29.9 Å². The summed E-state index contributed by atoms with van der Waals surface area (Å²) in [5, 5.41) is 7.69. The molecule has 4 nitrogen and oxygen atoms in total. The number of nitrogens with one attached hydrogen (secondary N) is 2. The first-order chi connectivity index (χ1) is 14.5. The van der Waals surface area contributed by atoms with Crippen LogP contribution in [0.1, 0.15) is 56.1 Å². The summed E-state index contributed by atoms with van der Waals surface area (Å²) in [7, 11) is 0. The van der Waals surface area contributed by atoms with Gasteiger partial charge in [0.2, 0.25) is 5.91 Å². The summed E-state index contributed by atoms with van der Waals surface area (Å²) in [6.07, 6.45) is 8.58. The topological polar surface area (TPSA) is 44.4 Å². The Morgan fingerprint density at radius 1 is 1.10 bits per heavy atom. The molecular formula is C25H31N3OS. The van der Waals surface area contributed by atoms with E-state index in [9.17, 15) is 4.79 Å². The number of amides is 1. The van der Waals surface area contributed by atoms with Gasteiger partial charge in [0.25, 0.3) is 0 Å². The van der Waals surface area contributed by atoms with E-state index in [0.717, 1.165) is 50.0 Å². The van der Waals surface area contributed by atoms with E-state index < -0.39 is 0 Å². The van der Waals surface area contributed by atoms with Crippen molar-refractivity contribution in [3.63, 3.8) is 0 Å². The second-order valence-electron chi connectivity index (χ2n) is 8.75. The Balaban J connectivity index is 1.35. The molecule has 0 bridgehead atoms. The molecule has 1 aliphatic heterocycles. The average Bonchev–Trinajstić information content (AvgIpc) is 3.37. The number of hydrogen-bond acceptors (Lipinski definition) is 2. The molecule has 158 valence electrons. The van der Waals surface area contributed by atoms with Gasteiger partial charge in [0.1, 0.15) is 0 Å². The highest BCUT2D eigenvalue weighted by molar-refractivity contribution is 7.80. The second kappa shape index (κ2) is 9.17. The zero-order chi connectivity index (χ0) is 21.0. The Hall–Kier alpha value is -2.40. The van der Waals surface area contributed by atoms with Crippen molar-refractivity contribution in [2.24, 2.45) is 0 Å². The van der Waals surface area contributed by atoms with Crippen molar-refractivity contribution >= 4 is 34.6 Å². The number of aryl methyl sites for hydroxylation is 2. The molecule has 1 heterocycles. The largest absolute Gasteiger partial charge is 0.357 e. The number of carbonyl (C=O) groups excluding carboxylic acids is 1. The molecule has 0 aromatic heterocycles. The Morgan fingerprint density at radius 2 is 1.87 bits per heavy atom. The lowest BCUT2D eigenvalue weighted by molar-refractivity contribution is -0.117. The summed E-state index contributed by atoms with van der Waals surface area (Å²) in [4.78, 5) is 13.8. The molecule has 2 fully saturated rings. The molecule has 1 saturated heterocycles. The van der Waals surface area contributed by atoms with E-state index in [4.69, 9.17) is 12.2 Å². The fraction of sp³-hybridized carbons (Fsp3) is 0.440. The predicted octanol–water partition coefficient (Wildman–Crippen LogP) is 5.35. The Labute approximate surface area is 185 Å². The summed E-state index contributed by atoms with van der Waals surface area (Å²) < 4.78 is 0. The Bertz CT molecular complexity index is 903. The van der Waals surface area contributed by atoms with Crippen molar-refractivity contribution in [3.05, 3.63) is 59.7 Å².